The number of anilines is 1. The summed E-state index contributed by atoms with van der Waals surface area (Å²) in [5.74, 6) is -0.462. The van der Waals surface area contributed by atoms with Gasteiger partial charge in [-0.15, -0.1) is 10.2 Å². The maximum absolute atomic E-state index is 12.4. The van der Waals surface area contributed by atoms with Gasteiger partial charge in [0.05, 0.1) is 7.11 Å². The van der Waals surface area contributed by atoms with E-state index in [1.807, 2.05) is 0 Å². The number of ether oxygens (including phenoxy) is 1. The fraction of sp³-hybridized carbons (Fsp3) is 0.667. The van der Waals surface area contributed by atoms with Crippen molar-refractivity contribution in [2.24, 2.45) is 0 Å². The van der Waals surface area contributed by atoms with Crippen LogP contribution >= 0.6 is 11.3 Å². The summed E-state index contributed by atoms with van der Waals surface area (Å²) in [4.78, 5) is 13.0. The van der Waals surface area contributed by atoms with Crippen LogP contribution in [0.15, 0.2) is 0 Å². The topological polar surface area (TPSA) is 55.3 Å². The third-order valence-electron chi connectivity index (χ3n) is 2.63. The average molecular weight is 281 g/mol. The highest BCUT2D eigenvalue weighted by Crippen LogP contribution is 2.36. The molecule has 1 unspecified atom stereocenters. The van der Waals surface area contributed by atoms with Gasteiger partial charge in [0.2, 0.25) is 10.1 Å². The lowest BCUT2D eigenvalue weighted by Crippen LogP contribution is -2.36. The Balaban J connectivity index is 2.21. The van der Waals surface area contributed by atoms with Crippen LogP contribution in [0.5, 0.6) is 0 Å². The molecule has 1 aliphatic heterocycles. The predicted octanol–water partition coefficient (Wildman–Crippen LogP) is 1.70. The Labute approximate surface area is 105 Å². The van der Waals surface area contributed by atoms with E-state index in [1.54, 1.807) is 0 Å². The molecule has 1 aromatic heterocycles. The maximum atomic E-state index is 12.4. The zero-order valence-electron chi connectivity index (χ0n) is 9.40. The standard InChI is InChI=1S/C9H10F3N3O2S/c1-17-6(16)5-3-2-4-15(5)8-14-13-7(18-8)9(10,11)12/h5H,2-4H2,1H3. The molecule has 9 heteroatoms. The van der Waals surface area contributed by atoms with E-state index in [1.165, 1.54) is 12.0 Å². The van der Waals surface area contributed by atoms with Crippen LogP contribution in [0.2, 0.25) is 0 Å². The van der Waals surface area contributed by atoms with Crippen molar-refractivity contribution in [3.63, 3.8) is 0 Å². The Morgan fingerprint density at radius 1 is 1.50 bits per heavy atom. The van der Waals surface area contributed by atoms with Gasteiger partial charge in [0.1, 0.15) is 6.04 Å². The summed E-state index contributed by atoms with van der Waals surface area (Å²) in [7, 11) is 1.25. The molecular formula is C9H10F3N3O2S. The summed E-state index contributed by atoms with van der Waals surface area (Å²) in [6.45, 7) is 0.478. The molecular weight excluding hydrogens is 271 g/mol. The number of hydrogen-bond donors (Lipinski definition) is 0. The van der Waals surface area contributed by atoms with Gasteiger partial charge in [0.15, 0.2) is 0 Å². The van der Waals surface area contributed by atoms with Crippen LogP contribution in [0.3, 0.4) is 0 Å². The van der Waals surface area contributed by atoms with Crippen molar-refractivity contribution in [3.05, 3.63) is 5.01 Å². The molecule has 0 aromatic carbocycles. The van der Waals surface area contributed by atoms with Crippen LogP contribution in [-0.4, -0.2) is 35.9 Å². The van der Waals surface area contributed by atoms with E-state index in [0.717, 1.165) is 0 Å². The first-order chi connectivity index (χ1) is 8.43. The molecule has 5 nitrogen and oxygen atoms in total. The normalized spacial score (nSPS) is 20.2. The molecule has 2 rings (SSSR count). The van der Waals surface area contributed by atoms with Crippen molar-refractivity contribution in [1.29, 1.82) is 0 Å². The Morgan fingerprint density at radius 2 is 2.22 bits per heavy atom. The molecule has 1 aliphatic rings. The summed E-state index contributed by atoms with van der Waals surface area (Å²) >= 11 is 0.440. The molecule has 0 saturated carbocycles. The SMILES string of the molecule is COC(=O)C1CCCN1c1nnc(C(F)(F)F)s1. The molecule has 0 spiro atoms. The van der Waals surface area contributed by atoms with Gasteiger partial charge in [0.25, 0.3) is 0 Å². The third kappa shape index (κ3) is 2.40. The van der Waals surface area contributed by atoms with E-state index in [9.17, 15) is 18.0 Å². The van der Waals surface area contributed by atoms with Gasteiger partial charge in [-0.05, 0) is 12.8 Å². The van der Waals surface area contributed by atoms with E-state index in [0.29, 0.717) is 30.7 Å². The summed E-state index contributed by atoms with van der Waals surface area (Å²) in [5.41, 5.74) is 0. The molecule has 0 aliphatic carbocycles. The molecule has 1 fully saturated rings. The number of methoxy groups -OCH3 is 1. The fourth-order valence-corrected chi connectivity index (χ4v) is 2.61. The van der Waals surface area contributed by atoms with E-state index in [4.69, 9.17) is 0 Å². The van der Waals surface area contributed by atoms with Gasteiger partial charge < -0.3 is 9.64 Å². The Hall–Kier alpha value is -1.38. The molecule has 0 bridgehead atoms. The van der Waals surface area contributed by atoms with Crippen LogP contribution < -0.4 is 4.90 Å². The number of alkyl halides is 3. The van der Waals surface area contributed by atoms with Crippen LogP contribution in [0.25, 0.3) is 0 Å². The number of aromatic nitrogens is 2. The highest BCUT2D eigenvalue weighted by atomic mass is 32.1. The molecule has 0 amide bonds. The van der Waals surface area contributed by atoms with E-state index in [-0.39, 0.29) is 5.13 Å². The first-order valence-corrected chi connectivity index (χ1v) is 6.00. The second-order valence-corrected chi connectivity index (χ2v) is 4.72. The number of nitrogens with zero attached hydrogens (tertiary/aromatic N) is 3. The van der Waals surface area contributed by atoms with Crippen molar-refractivity contribution in [3.8, 4) is 0 Å². The highest BCUT2D eigenvalue weighted by Gasteiger charge is 2.39. The first-order valence-electron chi connectivity index (χ1n) is 5.18. The minimum absolute atomic E-state index is 0.107. The summed E-state index contributed by atoms with van der Waals surface area (Å²) in [6.07, 6.45) is -3.25. The van der Waals surface area contributed by atoms with Crippen molar-refractivity contribution in [2.45, 2.75) is 25.1 Å². The highest BCUT2D eigenvalue weighted by molar-refractivity contribution is 7.15. The molecule has 1 atom stereocenters. The number of rotatable bonds is 2. The number of esters is 1. The molecule has 0 N–H and O–H groups in total. The quantitative estimate of drug-likeness (QED) is 0.772. The number of carbonyl (C=O) groups excluding carboxylic acids is 1. The van der Waals surface area contributed by atoms with Gasteiger partial charge >= 0.3 is 12.1 Å². The molecule has 1 saturated heterocycles. The lowest BCUT2D eigenvalue weighted by Gasteiger charge is -2.20. The molecule has 2 heterocycles. The van der Waals surface area contributed by atoms with E-state index < -0.39 is 23.2 Å². The van der Waals surface area contributed by atoms with Crippen molar-refractivity contribution >= 4 is 22.4 Å². The maximum Gasteiger partial charge on any atom is 0.445 e. The van der Waals surface area contributed by atoms with Crippen LogP contribution in [0.1, 0.15) is 17.8 Å². The molecule has 18 heavy (non-hydrogen) atoms. The lowest BCUT2D eigenvalue weighted by molar-refractivity contribution is -0.142. The van der Waals surface area contributed by atoms with Gasteiger partial charge in [-0.25, -0.2) is 4.79 Å². The van der Waals surface area contributed by atoms with Gasteiger partial charge in [-0.1, -0.05) is 11.3 Å². The molecule has 100 valence electrons. The third-order valence-corrected chi connectivity index (χ3v) is 3.63. The summed E-state index contributed by atoms with van der Waals surface area (Å²) in [5, 5.41) is 5.70. The Morgan fingerprint density at radius 3 is 2.78 bits per heavy atom. The van der Waals surface area contributed by atoms with Crippen molar-refractivity contribution in [2.75, 3.05) is 18.6 Å². The van der Waals surface area contributed by atoms with Crippen LogP contribution in [0.4, 0.5) is 18.3 Å². The Bertz CT molecular complexity index is 449. The molecule has 1 aromatic rings. The summed E-state index contributed by atoms with van der Waals surface area (Å²) in [6, 6.07) is -0.566. The number of carbonyl (C=O) groups is 1. The second-order valence-electron chi connectivity index (χ2n) is 3.76. The van der Waals surface area contributed by atoms with Crippen LogP contribution in [0, 0.1) is 0 Å². The van der Waals surface area contributed by atoms with Crippen molar-refractivity contribution < 1.29 is 22.7 Å². The minimum Gasteiger partial charge on any atom is -0.467 e. The molecule has 0 radical (unpaired) electrons. The summed E-state index contributed by atoms with van der Waals surface area (Å²) < 4.78 is 41.8. The van der Waals surface area contributed by atoms with Crippen molar-refractivity contribution in [1.82, 2.24) is 10.2 Å². The number of hydrogen-bond acceptors (Lipinski definition) is 6. The first kappa shape index (κ1) is 13.1. The average Bonchev–Trinajstić information content (AvgIpc) is 2.94. The van der Waals surface area contributed by atoms with E-state index >= 15 is 0 Å². The number of halogens is 3. The monoisotopic (exact) mass is 281 g/mol. The van der Waals surface area contributed by atoms with Gasteiger partial charge in [0, 0.05) is 6.54 Å². The predicted molar refractivity (Wildman–Crippen MR) is 57.3 cm³/mol. The van der Waals surface area contributed by atoms with Crippen LogP contribution in [-0.2, 0) is 15.7 Å². The Kier molecular flexibility index (Phi) is 3.42. The van der Waals surface area contributed by atoms with E-state index in [2.05, 4.69) is 14.9 Å². The van der Waals surface area contributed by atoms with Gasteiger partial charge in [-0.3, -0.25) is 0 Å². The zero-order chi connectivity index (χ0) is 13.3. The smallest absolute Gasteiger partial charge is 0.445 e. The van der Waals surface area contributed by atoms with Gasteiger partial charge in [-0.2, -0.15) is 13.2 Å². The minimum atomic E-state index is -4.50. The second kappa shape index (κ2) is 4.71. The fourth-order valence-electron chi connectivity index (χ4n) is 1.82. The largest absolute Gasteiger partial charge is 0.467 e. The lowest BCUT2D eigenvalue weighted by atomic mass is 10.2. The zero-order valence-corrected chi connectivity index (χ0v) is 10.2.